The van der Waals surface area contributed by atoms with Gasteiger partial charge in [0.1, 0.15) is 5.82 Å². The zero-order chi connectivity index (χ0) is 12.4. The third-order valence-corrected chi connectivity index (χ3v) is 2.77. The van der Waals surface area contributed by atoms with Crippen LogP contribution in [0.25, 0.3) is 0 Å². The van der Waals surface area contributed by atoms with Crippen molar-refractivity contribution < 1.29 is 0 Å². The highest BCUT2D eigenvalue weighted by atomic mass is 35.5. The molecule has 0 spiro atoms. The average Bonchev–Trinajstić information content (AvgIpc) is 2.29. The van der Waals surface area contributed by atoms with Gasteiger partial charge in [-0.1, -0.05) is 11.6 Å². The molecule has 0 aliphatic carbocycles. The maximum Gasteiger partial charge on any atom is 0.149 e. The van der Waals surface area contributed by atoms with Crippen LogP contribution in [0.15, 0.2) is 24.4 Å². The Morgan fingerprint density at radius 1 is 1.24 bits per heavy atom. The van der Waals surface area contributed by atoms with Gasteiger partial charge in [-0.3, -0.25) is 4.98 Å². The Bertz CT molecular complexity index is 554. The van der Waals surface area contributed by atoms with Crippen LogP contribution in [0.1, 0.15) is 11.4 Å². The number of nitrogens with one attached hydrogen (secondary N) is 1. The van der Waals surface area contributed by atoms with E-state index in [0.717, 1.165) is 17.1 Å². The van der Waals surface area contributed by atoms with Gasteiger partial charge in [-0.15, -0.1) is 0 Å². The molecule has 0 saturated heterocycles. The first-order chi connectivity index (χ1) is 8.06. The lowest BCUT2D eigenvalue weighted by atomic mass is 10.3. The summed E-state index contributed by atoms with van der Waals surface area (Å²) in [5, 5.41) is 3.69. The second-order valence-corrected chi connectivity index (χ2v) is 4.20. The fraction of sp³-hybridized carbons (Fsp3) is 0.167. The van der Waals surface area contributed by atoms with Crippen LogP contribution < -0.4 is 11.1 Å². The molecule has 2 aromatic rings. The van der Waals surface area contributed by atoms with E-state index in [-0.39, 0.29) is 0 Å². The summed E-state index contributed by atoms with van der Waals surface area (Å²) in [4.78, 5) is 8.59. The summed E-state index contributed by atoms with van der Waals surface area (Å²) in [5.41, 5.74) is 8.87. The van der Waals surface area contributed by atoms with Gasteiger partial charge in [0.05, 0.1) is 28.3 Å². The number of aromatic nitrogens is 2. The maximum atomic E-state index is 6.05. The molecule has 0 saturated carbocycles. The fourth-order valence-electron chi connectivity index (χ4n) is 1.38. The van der Waals surface area contributed by atoms with Crippen molar-refractivity contribution in [3.05, 3.63) is 40.8 Å². The van der Waals surface area contributed by atoms with E-state index in [9.17, 15) is 0 Å². The van der Waals surface area contributed by atoms with Gasteiger partial charge in [0.25, 0.3) is 0 Å². The molecule has 2 rings (SSSR count). The number of nitrogens with zero attached hydrogens (tertiary/aromatic N) is 2. The Hall–Kier alpha value is -1.81. The first-order valence-electron chi connectivity index (χ1n) is 5.18. The molecule has 88 valence electrons. The molecular formula is C12H13ClN4. The summed E-state index contributed by atoms with van der Waals surface area (Å²) in [5.74, 6) is 0.653. The van der Waals surface area contributed by atoms with E-state index in [1.807, 2.05) is 13.8 Å². The van der Waals surface area contributed by atoms with Gasteiger partial charge in [-0.25, -0.2) is 4.98 Å². The molecule has 3 N–H and O–H groups in total. The highest BCUT2D eigenvalue weighted by molar-refractivity contribution is 6.33. The lowest BCUT2D eigenvalue weighted by Crippen LogP contribution is -1.99. The molecule has 1 aromatic carbocycles. The molecule has 4 nitrogen and oxygen atoms in total. The highest BCUT2D eigenvalue weighted by Gasteiger charge is 2.04. The average molecular weight is 249 g/mol. The Morgan fingerprint density at radius 2 is 2.00 bits per heavy atom. The molecule has 0 aliphatic rings. The lowest BCUT2D eigenvalue weighted by Gasteiger charge is -2.09. The normalized spacial score (nSPS) is 10.3. The van der Waals surface area contributed by atoms with Crippen molar-refractivity contribution in [3.63, 3.8) is 0 Å². The van der Waals surface area contributed by atoms with Gasteiger partial charge in [-0.2, -0.15) is 0 Å². The summed E-state index contributed by atoms with van der Waals surface area (Å²) in [6.45, 7) is 3.83. The summed E-state index contributed by atoms with van der Waals surface area (Å²) in [6, 6.07) is 5.26. The van der Waals surface area contributed by atoms with Crippen LogP contribution in [0.4, 0.5) is 17.2 Å². The van der Waals surface area contributed by atoms with Crippen molar-refractivity contribution in [2.75, 3.05) is 11.1 Å². The topological polar surface area (TPSA) is 63.8 Å². The van der Waals surface area contributed by atoms with E-state index in [1.165, 1.54) is 0 Å². The monoisotopic (exact) mass is 248 g/mol. The summed E-state index contributed by atoms with van der Waals surface area (Å²) < 4.78 is 0. The van der Waals surface area contributed by atoms with Gasteiger partial charge in [0.2, 0.25) is 0 Å². The van der Waals surface area contributed by atoms with Gasteiger partial charge in [-0.05, 0) is 32.0 Å². The highest BCUT2D eigenvalue weighted by Crippen LogP contribution is 2.26. The predicted octanol–water partition coefficient (Wildman–Crippen LogP) is 3.07. The number of anilines is 3. The minimum absolute atomic E-state index is 0.597. The minimum atomic E-state index is 0.597. The molecule has 0 unspecified atom stereocenters. The number of benzene rings is 1. The molecular weight excluding hydrogens is 236 g/mol. The number of hydrogen-bond donors (Lipinski definition) is 2. The van der Waals surface area contributed by atoms with E-state index >= 15 is 0 Å². The number of nitrogen functional groups attached to an aromatic ring is 1. The number of aryl methyl sites for hydroxylation is 2. The van der Waals surface area contributed by atoms with Crippen LogP contribution in [0.2, 0.25) is 5.02 Å². The number of rotatable bonds is 2. The zero-order valence-electron chi connectivity index (χ0n) is 9.66. The van der Waals surface area contributed by atoms with E-state index in [2.05, 4.69) is 15.3 Å². The summed E-state index contributed by atoms with van der Waals surface area (Å²) >= 11 is 6.05. The number of hydrogen-bond acceptors (Lipinski definition) is 4. The van der Waals surface area contributed by atoms with Crippen molar-refractivity contribution in [2.24, 2.45) is 0 Å². The van der Waals surface area contributed by atoms with Crippen LogP contribution in [0.5, 0.6) is 0 Å². The van der Waals surface area contributed by atoms with Crippen molar-refractivity contribution in [1.82, 2.24) is 9.97 Å². The van der Waals surface area contributed by atoms with Crippen molar-refractivity contribution >= 4 is 28.8 Å². The Morgan fingerprint density at radius 3 is 2.71 bits per heavy atom. The van der Waals surface area contributed by atoms with E-state index in [4.69, 9.17) is 17.3 Å². The molecule has 17 heavy (non-hydrogen) atoms. The number of halogens is 1. The molecule has 0 aliphatic heterocycles. The number of nitrogens with two attached hydrogens (primary N) is 1. The third kappa shape index (κ3) is 2.65. The third-order valence-electron chi connectivity index (χ3n) is 2.45. The van der Waals surface area contributed by atoms with E-state index in [0.29, 0.717) is 16.5 Å². The van der Waals surface area contributed by atoms with Crippen LogP contribution in [0, 0.1) is 13.8 Å². The molecule has 0 fully saturated rings. The Kier molecular flexibility index (Phi) is 3.15. The Balaban J connectivity index is 2.31. The largest absolute Gasteiger partial charge is 0.399 e. The molecule has 0 radical (unpaired) electrons. The van der Waals surface area contributed by atoms with Crippen LogP contribution in [0.3, 0.4) is 0 Å². The van der Waals surface area contributed by atoms with Crippen molar-refractivity contribution in [3.8, 4) is 0 Å². The zero-order valence-corrected chi connectivity index (χ0v) is 10.4. The maximum absolute atomic E-state index is 6.05. The molecule has 0 atom stereocenters. The Labute approximate surface area is 105 Å². The summed E-state index contributed by atoms with van der Waals surface area (Å²) in [6.07, 6.45) is 1.67. The van der Waals surface area contributed by atoms with Crippen molar-refractivity contribution in [2.45, 2.75) is 13.8 Å². The van der Waals surface area contributed by atoms with E-state index < -0.39 is 0 Å². The van der Waals surface area contributed by atoms with Crippen molar-refractivity contribution in [1.29, 1.82) is 0 Å². The summed E-state index contributed by atoms with van der Waals surface area (Å²) in [7, 11) is 0. The first kappa shape index (κ1) is 11.7. The molecule has 5 heteroatoms. The molecule has 0 bridgehead atoms. The predicted molar refractivity (Wildman–Crippen MR) is 70.7 cm³/mol. The molecule has 1 aromatic heterocycles. The van der Waals surface area contributed by atoms with Crippen LogP contribution >= 0.6 is 11.6 Å². The standard InChI is InChI=1S/C12H13ClN4/c1-7-8(2)16-12(6-15-7)17-11-5-9(14)3-4-10(11)13/h3-6H,14H2,1-2H3,(H,16,17). The first-order valence-corrected chi connectivity index (χ1v) is 5.56. The second kappa shape index (κ2) is 4.59. The SMILES string of the molecule is Cc1ncc(Nc2cc(N)ccc2Cl)nc1C. The minimum Gasteiger partial charge on any atom is -0.399 e. The van der Waals surface area contributed by atoms with Gasteiger partial charge in [0, 0.05) is 5.69 Å². The smallest absolute Gasteiger partial charge is 0.149 e. The van der Waals surface area contributed by atoms with Gasteiger partial charge < -0.3 is 11.1 Å². The quantitative estimate of drug-likeness (QED) is 0.802. The lowest BCUT2D eigenvalue weighted by molar-refractivity contribution is 1.05. The van der Waals surface area contributed by atoms with Crippen LogP contribution in [-0.4, -0.2) is 9.97 Å². The van der Waals surface area contributed by atoms with E-state index in [1.54, 1.807) is 24.4 Å². The molecule has 0 amide bonds. The fourth-order valence-corrected chi connectivity index (χ4v) is 1.54. The molecule has 1 heterocycles. The van der Waals surface area contributed by atoms with Gasteiger partial charge >= 0.3 is 0 Å². The second-order valence-electron chi connectivity index (χ2n) is 3.79. The van der Waals surface area contributed by atoms with Crippen LogP contribution in [-0.2, 0) is 0 Å². The van der Waals surface area contributed by atoms with Gasteiger partial charge in [0.15, 0.2) is 0 Å².